The number of anilines is 1. The number of alkyl halides is 1. The summed E-state index contributed by atoms with van der Waals surface area (Å²) in [4.78, 5) is 12.5. The number of rotatable bonds is 8. The third-order valence-electron chi connectivity index (χ3n) is 3.21. The Morgan fingerprint density at radius 2 is 1.74 bits per heavy atom. The summed E-state index contributed by atoms with van der Waals surface area (Å²) in [6.07, 6.45) is 10.9. The Kier molecular flexibility index (Phi) is 5.57. The highest BCUT2D eigenvalue weighted by Crippen LogP contribution is 2.15. The first-order valence-corrected chi connectivity index (χ1v) is 7.92. The zero-order valence-electron chi connectivity index (χ0n) is 11.1. The fraction of sp³-hybridized carbons (Fsp3) is 0.615. The van der Waals surface area contributed by atoms with Crippen molar-refractivity contribution < 1.29 is 0 Å². The number of aryl methyl sites for hydroxylation is 1. The van der Waals surface area contributed by atoms with Gasteiger partial charge in [0.25, 0.3) is 0 Å². The van der Waals surface area contributed by atoms with Crippen LogP contribution in [0.15, 0.2) is 12.7 Å². The number of unbranched alkanes of at least 4 members (excludes halogenated alkanes) is 5. The van der Waals surface area contributed by atoms with Gasteiger partial charge in [-0.25, -0.2) is 15.0 Å². The number of hydrogen-bond acceptors (Lipinski definition) is 4. The minimum atomic E-state index is 0.457. The Bertz CT molecular complexity index is 511. The third kappa shape index (κ3) is 3.89. The van der Waals surface area contributed by atoms with E-state index >= 15 is 0 Å². The molecule has 0 unspecified atom stereocenters. The summed E-state index contributed by atoms with van der Waals surface area (Å²) in [6.45, 7) is 0.950. The summed E-state index contributed by atoms with van der Waals surface area (Å²) >= 11 is 3.45. The zero-order chi connectivity index (χ0) is 13.5. The Morgan fingerprint density at radius 3 is 2.53 bits per heavy atom. The van der Waals surface area contributed by atoms with Crippen LogP contribution in [-0.2, 0) is 6.54 Å². The highest BCUT2D eigenvalue weighted by atomic mass is 79.9. The van der Waals surface area contributed by atoms with Crippen LogP contribution in [0.4, 0.5) is 5.82 Å². The second-order valence-corrected chi connectivity index (χ2v) is 5.47. The summed E-state index contributed by atoms with van der Waals surface area (Å²) in [5.41, 5.74) is 7.31. The molecule has 0 amide bonds. The third-order valence-corrected chi connectivity index (χ3v) is 3.77. The van der Waals surface area contributed by atoms with Gasteiger partial charge in [0.2, 0.25) is 0 Å². The van der Waals surface area contributed by atoms with Crippen molar-refractivity contribution in [3.63, 3.8) is 0 Å². The molecule has 0 spiro atoms. The highest BCUT2D eigenvalue weighted by Gasteiger charge is 2.06. The van der Waals surface area contributed by atoms with Crippen LogP contribution in [0.2, 0.25) is 0 Å². The van der Waals surface area contributed by atoms with Crippen LogP contribution in [-0.4, -0.2) is 24.8 Å². The van der Waals surface area contributed by atoms with E-state index < -0.39 is 0 Å². The summed E-state index contributed by atoms with van der Waals surface area (Å²) in [5, 5.41) is 1.12. The number of nitrogens with zero attached hydrogens (tertiary/aromatic N) is 4. The summed E-state index contributed by atoms with van der Waals surface area (Å²) in [7, 11) is 0. The fourth-order valence-corrected chi connectivity index (χ4v) is 2.54. The SMILES string of the molecule is Nc1ncnc2c1ncn2CCCCCCCCBr. The average Bonchev–Trinajstić information content (AvgIpc) is 2.83. The number of imidazole rings is 1. The van der Waals surface area contributed by atoms with E-state index in [1.807, 2.05) is 0 Å². The van der Waals surface area contributed by atoms with Gasteiger partial charge in [-0.05, 0) is 12.8 Å². The van der Waals surface area contributed by atoms with E-state index in [0.29, 0.717) is 11.3 Å². The molecule has 0 aromatic carbocycles. The lowest BCUT2D eigenvalue weighted by Gasteiger charge is -2.04. The predicted octanol–water partition coefficient (Wildman–Crippen LogP) is 3.14. The first-order chi connectivity index (χ1) is 9.33. The summed E-state index contributed by atoms with van der Waals surface area (Å²) in [6, 6.07) is 0. The predicted molar refractivity (Wildman–Crippen MR) is 81.2 cm³/mol. The molecule has 0 saturated heterocycles. The molecule has 2 rings (SSSR count). The maximum absolute atomic E-state index is 5.76. The Morgan fingerprint density at radius 1 is 1.00 bits per heavy atom. The molecule has 2 aromatic rings. The molecule has 2 N–H and O–H groups in total. The second kappa shape index (κ2) is 7.43. The number of fused-ring (bicyclic) bond motifs is 1. The standard InChI is InChI=1S/C13H20BrN5/c14-7-5-3-1-2-4-6-8-19-10-18-11-12(15)16-9-17-13(11)19/h9-10H,1-8H2,(H2,15,16,17). The van der Waals surface area contributed by atoms with Gasteiger partial charge in [-0.1, -0.05) is 41.6 Å². The van der Waals surface area contributed by atoms with E-state index in [1.54, 1.807) is 6.33 Å². The molecule has 0 aliphatic carbocycles. The molecular weight excluding hydrogens is 306 g/mol. The maximum atomic E-state index is 5.76. The van der Waals surface area contributed by atoms with Gasteiger partial charge in [0.05, 0.1) is 6.33 Å². The molecule has 0 atom stereocenters. The van der Waals surface area contributed by atoms with Gasteiger partial charge in [-0.15, -0.1) is 0 Å². The summed E-state index contributed by atoms with van der Waals surface area (Å²) in [5.74, 6) is 0.457. The normalized spacial score (nSPS) is 11.2. The van der Waals surface area contributed by atoms with Crippen LogP contribution in [0.25, 0.3) is 11.2 Å². The smallest absolute Gasteiger partial charge is 0.165 e. The molecule has 2 aromatic heterocycles. The minimum Gasteiger partial charge on any atom is -0.382 e. The van der Waals surface area contributed by atoms with Gasteiger partial charge in [0, 0.05) is 11.9 Å². The van der Waals surface area contributed by atoms with Crippen molar-refractivity contribution >= 4 is 32.9 Å². The van der Waals surface area contributed by atoms with Crippen LogP contribution in [0.5, 0.6) is 0 Å². The van der Waals surface area contributed by atoms with Gasteiger partial charge < -0.3 is 10.3 Å². The van der Waals surface area contributed by atoms with Gasteiger partial charge >= 0.3 is 0 Å². The lowest BCUT2D eigenvalue weighted by molar-refractivity contribution is 0.563. The largest absolute Gasteiger partial charge is 0.382 e. The van der Waals surface area contributed by atoms with E-state index in [0.717, 1.165) is 23.9 Å². The molecule has 5 nitrogen and oxygen atoms in total. The lowest BCUT2D eigenvalue weighted by atomic mass is 10.1. The van der Waals surface area contributed by atoms with Crippen LogP contribution in [0.1, 0.15) is 38.5 Å². The number of nitrogens with two attached hydrogens (primary N) is 1. The molecule has 0 aliphatic rings. The van der Waals surface area contributed by atoms with Gasteiger partial charge in [-0.3, -0.25) is 0 Å². The van der Waals surface area contributed by atoms with Gasteiger partial charge in [0.1, 0.15) is 11.8 Å². The van der Waals surface area contributed by atoms with Crippen molar-refractivity contribution in [1.82, 2.24) is 19.5 Å². The number of nitrogen functional groups attached to an aromatic ring is 1. The Labute approximate surface area is 121 Å². The molecule has 0 aliphatic heterocycles. The molecule has 0 bridgehead atoms. The van der Waals surface area contributed by atoms with Crippen LogP contribution >= 0.6 is 15.9 Å². The maximum Gasteiger partial charge on any atom is 0.165 e. The van der Waals surface area contributed by atoms with E-state index in [4.69, 9.17) is 5.73 Å². The molecule has 0 saturated carbocycles. The zero-order valence-corrected chi connectivity index (χ0v) is 12.6. The Hall–Kier alpha value is -1.17. The topological polar surface area (TPSA) is 69.6 Å². The van der Waals surface area contributed by atoms with E-state index in [9.17, 15) is 0 Å². The van der Waals surface area contributed by atoms with Crippen LogP contribution in [0, 0.1) is 0 Å². The molecule has 19 heavy (non-hydrogen) atoms. The van der Waals surface area contributed by atoms with Crippen LogP contribution in [0.3, 0.4) is 0 Å². The first kappa shape index (κ1) is 14.2. The van der Waals surface area contributed by atoms with Gasteiger partial charge in [-0.2, -0.15) is 0 Å². The average molecular weight is 326 g/mol. The van der Waals surface area contributed by atoms with Gasteiger partial charge in [0.15, 0.2) is 11.5 Å². The van der Waals surface area contributed by atoms with E-state index in [1.165, 1.54) is 38.4 Å². The summed E-state index contributed by atoms with van der Waals surface area (Å²) < 4.78 is 2.06. The highest BCUT2D eigenvalue weighted by molar-refractivity contribution is 9.09. The molecule has 104 valence electrons. The number of hydrogen-bond donors (Lipinski definition) is 1. The number of aromatic nitrogens is 4. The lowest BCUT2D eigenvalue weighted by Crippen LogP contribution is -1.99. The quantitative estimate of drug-likeness (QED) is 0.598. The van der Waals surface area contributed by atoms with Crippen molar-refractivity contribution in [1.29, 1.82) is 0 Å². The van der Waals surface area contributed by atoms with E-state index in [2.05, 4.69) is 35.4 Å². The second-order valence-electron chi connectivity index (χ2n) is 4.68. The minimum absolute atomic E-state index is 0.457. The van der Waals surface area contributed by atoms with Crippen LogP contribution < -0.4 is 5.73 Å². The fourth-order valence-electron chi connectivity index (χ4n) is 2.15. The van der Waals surface area contributed by atoms with Crippen molar-refractivity contribution in [2.45, 2.75) is 45.1 Å². The van der Waals surface area contributed by atoms with Crippen molar-refractivity contribution in [3.05, 3.63) is 12.7 Å². The van der Waals surface area contributed by atoms with Crippen molar-refractivity contribution in [2.75, 3.05) is 11.1 Å². The first-order valence-electron chi connectivity index (χ1n) is 6.80. The number of halogens is 1. The molecule has 0 fully saturated rings. The van der Waals surface area contributed by atoms with E-state index in [-0.39, 0.29) is 0 Å². The van der Waals surface area contributed by atoms with Crippen molar-refractivity contribution in [2.24, 2.45) is 0 Å². The van der Waals surface area contributed by atoms with Crippen molar-refractivity contribution in [3.8, 4) is 0 Å². The molecule has 2 heterocycles. The molecule has 0 radical (unpaired) electrons. The monoisotopic (exact) mass is 325 g/mol. The molecule has 6 heteroatoms. The molecular formula is C13H20BrN5. The Balaban J connectivity index is 1.77.